The third-order valence-corrected chi connectivity index (χ3v) is 3.39. The van der Waals surface area contributed by atoms with Gasteiger partial charge in [0.15, 0.2) is 5.17 Å². The number of benzene rings is 1. The molecule has 1 heterocycles. The smallest absolute Gasteiger partial charge is 0.157 e. The van der Waals surface area contributed by atoms with E-state index in [0.717, 1.165) is 12.1 Å². The molecule has 4 nitrogen and oxygen atoms in total. The van der Waals surface area contributed by atoms with E-state index >= 15 is 0 Å². The van der Waals surface area contributed by atoms with Gasteiger partial charge >= 0.3 is 0 Å². The molecule has 0 aromatic heterocycles. The summed E-state index contributed by atoms with van der Waals surface area (Å²) in [7, 11) is 0. The van der Waals surface area contributed by atoms with Gasteiger partial charge in [0.05, 0.1) is 17.8 Å². The number of carbonyl (C=O) groups excluding carboxylic acids is 1. The number of rotatable bonds is 3. The van der Waals surface area contributed by atoms with Crippen LogP contribution in [0.15, 0.2) is 35.3 Å². The molecular formula is C11H11N2O2S-. The van der Waals surface area contributed by atoms with Gasteiger partial charge in [-0.1, -0.05) is 42.1 Å². The van der Waals surface area contributed by atoms with Gasteiger partial charge in [-0.25, -0.2) is 0 Å². The van der Waals surface area contributed by atoms with Crippen molar-refractivity contribution in [2.24, 2.45) is 4.99 Å². The molecule has 0 saturated carbocycles. The molecule has 1 N–H and O–H groups in total. The molecule has 0 bridgehead atoms. The number of aliphatic carboxylic acids is 1. The molecule has 1 aliphatic rings. The molecular weight excluding hydrogens is 224 g/mol. The molecule has 84 valence electrons. The fraction of sp³-hybridized carbons (Fsp3) is 0.273. The highest BCUT2D eigenvalue weighted by Gasteiger charge is 2.17. The summed E-state index contributed by atoms with van der Waals surface area (Å²) in [6.45, 7) is 1.48. The van der Waals surface area contributed by atoms with Crippen LogP contribution in [-0.2, 0) is 4.79 Å². The van der Waals surface area contributed by atoms with Crippen molar-refractivity contribution >= 4 is 22.9 Å². The number of amidine groups is 1. The normalized spacial score (nSPS) is 16.4. The van der Waals surface area contributed by atoms with Crippen molar-refractivity contribution in [1.29, 1.82) is 0 Å². The van der Waals surface area contributed by atoms with Gasteiger partial charge in [-0.3, -0.25) is 4.99 Å². The zero-order valence-electron chi connectivity index (χ0n) is 8.55. The largest absolute Gasteiger partial charge is 0.549 e. The Morgan fingerprint density at radius 2 is 2.19 bits per heavy atom. The van der Waals surface area contributed by atoms with Crippen LogP contribution < -0.4 is 10.4 Å². The first-order chi connectivity index (χ1) is 7.77. The van der Waals surface area contributed by atoms with Gasteiger partial charge in [-0.15, -0.1) is 0 Å². The Kier molecular flexibility index (Phi) is 3.46. The summed E-state index contributed by atoms with van der Waals surface area (Å²) < 4.78 is 0. The molecule has 0 spiro atoms. The predicted molar refractivity (Wildman–Crippen MR) is 62.1 cm³/mol. The van der Waals surface area contributed by atoms with Crippen molar-refractivity contribution in [3.8, 4) is 0 Å². The van der Waals surface area contributed by atoms with E-state index in [1.807, 2.05) is 18.2 Å². The van der Waals surface area contributed by atoms with E-state index in [1.54, 1.807) is 12.1 Å². The molecule has 1 aliphatic heterocycles. The van der Waals surface area contributed by atoms with Gasteiger partial charge < -0.3 is 15.2 Å². The van der Waals surface area contributed by atoms with Gasteiger partial charge in [-0.05, 0) is 5.56 Å². The Hall–Kier alpha value is -1.49. The van der Waals surface area contributed by atoms with Gasteiger partial charge in [0.1, 0.15) is 0 Å². The third kappa shape index (κ3) is 2.55. The summed E-state index contributed by atoms with van der Waals surface area (Å²) in [6, 6.07) is 9.04. The highest BCUT2D eigenvalue weighted by Crippen LogP contribution is 2.29. The van der Waals surface area contributed by atoms with Crippen molar-refractivity contribution in [3.05, 3.63) is 35.9 Å². The van der Waals surface area contributed by atoms with Gasteiger partial charge in [0.2, 0.25) is 0 Å². The van der Waals surface area contributed by atoms with E-state index in [4.69, 9.17) is 0 Å². The predicted octanol–water partition coefficient (Wildman–Crippen LogP) is 0.170. The molecule has 2 rings (SSSR count). The van der Waals surface area contributed by atoms with Crippen LogP contribution in [0.1, 0.15) is 10.8 Å². The highest BCUT2D eigenvalue weighted by atomic mass is 32.2. The first-order valence-electron chi connectivity index (χ1n) is 4.98. The fourth-order valence-corrected chi connectivity index (χ4v) is 2.41. The van der Waals surface area contributed by atoms with E-state index in [1.165, 1.54) is 11.8 Å². The van der Waals surface area contributed by atoms with Crippen LogP contribution in [0.5, 0.6) is 0 Å². The van der Waals surface area contributed by atoms with E-state index in [9.17, 15) is 9.90 Å². The first kappa shape index (κ1) is 11.0. The van der Waals surface area contributed by atoms with Crippen molar-refractivity contribution in [3.63, 3.8) is 0 Å². The molecule has 16 heavy (non-hydrogen) atoms. The van der Waals surface area contributed by atoms with Crippen LogP contribution in [0.25, 0.3) is 0 Å². The first-order valence-corrected chi connectivity index (χ1v) is 5.86. The molecule has 0 unspecified atom stereocenters. The number of aliphatic imine (C=N–C) groups is 1. The average Bonchev–Trinajstić information content (AvgIpc) is 2.79. The molecule has 0 amide bonds. The number of carboxylic acid groups (broad SMARTS) is 1. The Bertz CT molecular complexity index is 406. The van der Waals surface area contributed by atoms with Crippen molar-refractivity contribution in [2.75, 3.05) is 13.1 Å². The number of carboxylic acids is 1. The Balaban J connectivity index is 2.14. The minimum atomic E-state index is -1.09. The number of nitrogens with one attached hydrogen (secondary N) is 1. The summed E-state index contributed by atoms with van der Waals surface area (Å²) in [4.78, 5) is 15.2. The zero-order valence-corrected chi connectivity index (χ0v) is 9.37. The maximum Gasteiger partial charge on any atom is 0.157 e. The molecule has 1 aromatic carbocycles. The Morgan fingerprint density at radius 1 is 1.44 bits per heavy atom. The topological polar surface area (TPSA) is 64.5 Å². The number of carbonyl (C=O) groups is 1. The third-order valence-electron chi connectivity index (χ3n) is 2.19. The fourth-order valence-electron chi connectivity index (χ4n) is 1.45. The standard InChI is InChI=1S/C11H12N2O2S/c14-10(15)9(8-4-2-1-3-5-8)16-11-12-6-7-13-11/h1-5,9H,6-7H2,(H,12,13)(H,14,15)/p-1/t9-/m1/s1. The maximum atomic E-state index is 11.1. The summed E-state index contributed by atoms with van der Waals surface area (Å²) >= 11 is 1.19. The summed E-state index contributed by atoms with van der Waals surface area (Å²) in [5.74, 6) is -1.09. The number of nitrogens with zero attached hydrogens (tertiary/aromatic N) is 1. The lowest BCUT2D eigenvalue weighted by atomic mass is 10.1. The lowest BCUT2D eigenvalue weighted by molar-refractivity contribution is -0.305. The van der Waals surface area contributed by atoms with Crippen molar-refractivity contribution < 1.29 is 9.90 Å². The second-order valence-electron chi connectivity index (χ2n) is 3.34. The van der Waals surface area contributed by atoms with E-state index in [-0.39, 0.29) is 0 Å². The Labute approximate surface area is 97.8 Å². The van der Waals surface area contributed by atoms with Crippen molar-refractivity contribution in [2.45, 2.75) is 5.25 Å². The van der Waals surface area contributed by atoms with Crippen LogP contribution in [0, 0.1) is 0 Å². The highest BCUT2D eigenvalue weighted by molar-refractivity contribution is 8.14. The van der Waals surface area contributed by atoms with Crippen LogP contribution >= 0.6 is 11.8 Å². The van der Waals surface area contributed by atoms with E-state index in [0.29, 0.717) is 11.7 Å². The van der Waals surface area contributed by atoms with E-state index in [2.05, 4.69) is 10.3 Å². The van der Waals surface area contributed by atoms with Gasteiger partial charge in [0.25, 0.3) is 0 Å². The molecule has 0 radical (unpaired) electrons. The summed E-state index contributed by atoms with van der Waals surface area (Å²) in [5.41, 5.74) is 0.726. The minimum Gasteiger partial charge on any atom is -0.549 e. The lowest BCUT2D eigenvalue weighted by Crippen LogP contribution is -2.30. The molecule has 1 atom stereocenters. The number of hydrogen-bond acceptors (Lipinski definition) is 5. The molecule has 0 fully saturated rings. The second-order valence-corrected chi connectivity index (χ2v) is 4.44. The van der Waals surface area contributed by atoms with Crippen LogP contribution in [0.4, 0.5) is 0 Å². The molecule has 1 aromatic rings. The van der Waals surface area contributed by atoms with Gasteiger partial charge in [0, 0.05) is 6.54 Å². The van der Waals surface area contributed by atoms with Crippen LogP contribution in [0.2, 0.25) is 0 Å². The average molecular weight is 235 g/mol. The van der Waals surface area contributed by atoms with Crippen LogP contribution in [0.3, 0.4) is 0 Å². The number of hydrogen-bond donors (Lipinski definition) is 1. The molecule has 0 aliphatic carbocycles. The zero-order chi connectivity index (χ0) is 11.4. The monoisotopic (exact) mass is 235 g/mol. The number of thioether (sulfide) groups is 1. The van der Waals surface area contributed by atoms with E-state index < -0.39 is 11.2 Å². The summed E-state index contributed by atoms with van der Waals surface area (Å²) in [6.07, 6.45) is 0. The van der Waals surface area contributed by atoms with Gasteiger partial charge in [-0.2, -0.15) is 0 Å². The minimum absolute atomic E-state index is 0.679. The summed E-state index contributed by atoms with van der Waals surface area (Å²) in [5, 5.41) is 14.1. The SMILES string of the molecule is O=C([O-])[C@H](SC1=NCCN1)c1ccccc1. The quantitative estimate of drug-likeness (QED) is 0.811. The second kappa shape index (κ2) is 5.03. The van der Waals surface area contributed by atoms with Crippen LogP contribution in [-0.4, -0.2) is 24.2 Å². The Morgan fingerprint density at radius 3 is 2.75 bits per heavy atom. The molecule has 0 saturated heterocycles. The lowest BCUT2D eigenvalue weighted by Gasteiger charge is -2.17. The molecule has 5 heteroatoms. The van der Waals surface area contributed by atoms with Crippen molar-refractivity contribution in [1.82, 2.24) is 5.32 Å². The maximum absolute atomic E-state index is 11.1.